The maximum Gasteiger partial charge on any atom is 0.241 e. The third-order valence-corrected chi connectivity index (χ3v) is 4.45. The van der Waals surface area contributed by atoms with Crippen LogP contribution in [0.4, 0.5) is 0 Å². The highest BCUT2D eigenvalue weighted by Gasteiger charge is 2.21. The average molecular weight is 395 g/mol. The van der Waals surface area contributed by atoms with Gasteiger partial charge in [-0.2, -0.15) is 0 Å². The number of nitrogens with one attached hydrogen (secondary N) is 1. The van der Waals surface area contributed by atoms with Crippen LogP contribution >= 0.6 is 30.1 Å². The largest absolute Gasteiger partial charge is 0.241 e. The van der Waals surface area contributed by atoms with Crippen molar-refractivity contribution in [2.24, 2.45) is 0 Å². The maximum atomic E-state index is 12.0. The topological polar surface area (TPSA) is 46.2 Å². The van der Waals surface area contributed by atoms with E-state index in [-0.39, 0.29) is 4.90 Å². The Kier molecular flexibility index (Phi) is 5.52. The van der Waals surface area contributed by atoms with Gasteiger partial charge in [0.25, 0.3) is 0 Å². The highest BCUT2D eigenvalue weighted by molar-refractivity contribution is 14.2. The summed E-state index contributed by atoms with van der Waals surface area (Å²) in [5, 5.41) is 2.85. The molecule has 1 N–H and O–H groups in total. The highest BCUT2D eigenvalue weighted by Crippen LogP contribution is 2.14. The molecule has 0 aliphatic heterocycles. The third-order valence-electron chi connectivity index (χ3n) is 1.84. The van der Waals surface area contributed by atoms with Crippen molar-refractivity contribution < 1.29 is 8.42 Å². The van der Waals surface area contributed by atoms with E-state index in [2.05, 4.69) is 37.1 Å². The summed E-state index contributed by atoms with van der Waals surface area (Å²) in [6.45, 7) is 5.42. The zero-order valence-corrected chi connectivity index (χ0v) is 14.1. The maximum absolute atomic E-state index is 12.0. The van der Waals surface area contributed by atoms with Crippen LogP contribution in [0.5, 0.6) is 0 Å². The molecule has 0 saturated carbocycles. The molecule has 3 nitrogen and oxygen atoms in total. The standard InChI is InChI=1S/C12H14INO2S2/c1-12(2,3)14-18(15,16)11-6-4-10(5-7-11)8-9-17-13/h4-7,14H,1-3H3. The predicted octanol–water partition coefficient (Wildman–Crippen LogP) is 3.16. The zero-order chi connectivity index (χ0) is 13.8. The van der Waals surface area contributed by atoms with Gasteiger partial charge in [0.2, 0.25) is 10.0 Å². The van der Waals surface area contributed by atoms with Crippen molar-refractivity contribution in [2.45, 2.75) is 31.2 Å². The Balaban J connectivity index is 2.98. The van der Waals surface area contributed by atoms with Crippen LogP contribution in [0.3, 0.4) is 0 Å². The molecule has 6 heteroatoms. The van der Waals surface area contributed by atoms with E-state index < -0.39 is 15.6 Å². The molecule has 0 bridgehead atoms. The first kappa shape index (κ1) is 15.8. The van der Waals surface area contributed by atoms with E-state index in [0.29, 0.717) is 0 Å². The molecule has 1 aromatic rings. The van der Waals surface area contributed by atoms with Crippen LogP contribution in [0.2, 0.25) is 0 Å². The molecule has 0 heterocycles. The summed E-state index contributed by atoms with van der Waals surface area (Å²) in [7, 11) is -2.07. The summed E-state index contributed by atoms with van der Waals surface area (Å²) in [5.41, 5.74) is 0.309. The molecule has 0 unspecified atom stereocenters. The summed E-state index contributed by atoms with van der Waals surface area (Å²) in [5.74, 6) is 2.91. The average Bonchev–Trinajstić information content (AvgIpc) is 2.23. The van der Waals surface area contributed by atoms with Crippen molar-refractivity contribution in [1.29, 1.82) is 0 Å². The number of hydrogen-bond donors (Lipinski definition) is 1. The fourth-order valence-corrected chi connectivity index (χ4v) is 3.16. The van der Waals surface area contributed by atoms with Gasteiger partial charge in [-0.25, -0.2) is 13.1 Å². The highest BCUT2D eigenvalue weighted by atomic mass is 127. The van der Waals surface area contributed by atoms with Crippen LogP contribution in [0.25, 0.3) is 0 Å². The van der Waals surface area contributed by atoms with E-state index in [4.69, 9.17) is 0 Å². The number of sulfonamides is 1. The van der Waals surface area contributed by atoms with Gasteiger partial charge in [0.1, 0.15) is 0 Å². The van der Waals surface area contributed by atoms with E-state index in [1.165, 1.54) is 8.93 Å². The fraction of sp³-hybridized carbons (Fsp3) is 0.333. The summed E-state index contributed by atoms with van der Waals surface area (Å²) >= 11 is 2.09. The van der Waals surface area contributed by atoms with Crippen molar-refractivity contribution in [1.82, 2.24) is 4.72 Å². The minimum atomic E-state index is -3.46. The minimum absolute atomic E-state index is 0.255. The summed E-state index contributed by atoms with van der Waals surface area (Å²) < 4.78 is 26.6. The molecular formula is C12H14INO2S2. The van der Waals surface area contributed by atoms with Crippen LogP contribution < -0.4 is 4.72 Å². The molecular weight excluding hydrogens is 381 g/mol. The molecule has 0 atom stereocenters. The second-order valence-electron chi connectivity index (χ2n) is 4.68. The first-order chi connectivity index (χ1) is 8.24. The summed E-state index contributed by atoms with van der Waals surface area (Å²) in [6.07, 6.45) is 0. The normalized spacial score (nSPS) is 11.8. The van der Waals surface area contributed by atoms with E-state index in [1.54, 1.807) is 24.3 Å². The second kappa shape index (κ2) is 6.28. The van der Waals surface area contributed by atoms with Gasteiger partial charge >= 0.3 is 0 Å². The Hall–Kier alpha value is -0.230. The van der Waals surface area contributed by atoms with E-state index >= 15 is 0 Å². The SMILES string of the molecule is CC(C)(C)NS(=O)(=O)c1ccc(C#CSI)cc1. The Morgan fingerprint density at radius 2 is 1.78 bits per heavy atom. The molecule has 0 aromatic heterocycles. The van der Waals surface area contributed by atoms with Gasteiger partial charge in [0.05, 0.1) is 4.90 Å². The van der Waals surface area contributed by atoms with Gasteiger partial charge in [-0.1, -0.05) is 5.92 Å². The molecule has 1 rings (SSSR count). The van der Waals surface area contributed by atoms with Gasteiger partial charge < -0.3 is 0 Å². The van der Waals surface area contributed by atoms with Crippen LogP contribution in [-0.4, -0.2) is 14.0 Å². The van der Waals surface area contributed by atoms with Gasteiger partial charge in [-0.15, -0.1) is 0 Å². The van der Waals surface area contributed by atoms with Gasteiger partial charge in [0.15, 0.2) is 0 Å². The van der Waals surface area contributed by atoms with E-state index in [0.717, 1.165) is 5.56 Å². The van der Waals surface area contributed by atoms with Gasteiger partial charge in [-0.3, -0.25) is 0 Å². The molecule has 1 aromatic carbocycles. The molecule has 98 valence electrons. The van der Waals surface area contributed by atoms with Crippen molar-refractivity contribution in [2.75, 3.05) is 0 Å². The summed E-state index contributed by atoms with van der Waals surface area (Å²) in [6, 6.07) is 6.54. The molecule has 18 heavy (non-hydrogen) atoms. The zero-order valence-electron chi connectivity index (χ0n) is 10.3. The Morgan fingerprint density at radius 3 is 2.22 bits per heavy atom. The van der Waals surface area contributed by atoms with Crippen LogP contribution in [-0.2, 0) is 10.0 Å². The Labute approximate surface area is 125 Å². The van der Waals surface area contributed by atoms with Crippen LogP contribution in [0, 0.1) is 11.2 Å². The van der Waals surface area contributed by atoms with E-state index in [1.807, 2.05) is 20.8 Å². The Morgan fingerprint density at radius 1 is 1.22 bits per heavy atom. The third kappa shape index (κ3) is 5.18. The quantitative estimate of drug-likeness (QED) is 0.618. The van der Waals surface area contributed by atoms with Crippen molar-refractivity contribution >= 4 is 40.2 Å². The van der Waals surface area contributed by atoms with Crippen molar-refractivity contribution in [3.05, 3.63) is 29.8 Å². The number of rotatable bonds is 2. The first-order valence-corrected chi connectivity index (χ1v) is 10.0. The van der Waals surface area contributed by atoms with Crippen LogP contribution in [0.1, 0.15) is 26.3 Å². The Bertz CT molecular complexity index is 563. The fourth-order valence-electron chi connectivity index (χ4n) is 1.26. The molecule has 0 radical (unpaired) electrons. The van der Waals surface area contributed by atoms with Gasteiger partial charge in [0, 0.05) is 32.3 Å². The number of halogens is 1. The lowest BCUT2D eigenvalue weighted by Crippen LogP contribution is -2.40. The summed E-state index contributed by atoms with van der Waals surface area (Å²) in [4.78, 5) is 0.255. The second-order valence-corrected chi connectivity index (χ2v) is 8.05. The number of benzene rings is 1. The number of hydrogen-bond acceptors (Lipinski definition) is 3. The van der Waals surface area contributed by atoms with Crippen LogP contribution in [0.15, 0.2) is 29.2 Å². The predicted molar refractivity (Wildman–Crippen MR) is 85.0 cm³/mol. The lowest BCUT2D eigenvalue weighted by molar-refractivity contribution is 0.491. The minimum Gasteiger partial charge on any atom is -0.207 e. The lowest BCUT2D eigenvalue weighted by atomic mass is 10.1. The molecule has 0 aliphatic carbocycles. The monoisotopic (exact) mass is 395 g/mol. The molecule has 0 amide bonds. The molecule has 0 saturated heterocycles. The smallest absolute Gasteiger partial charge is 0.207 e. The lowest BCUT2D eigenvalue weighted by Gasteiger charge is -2.20. The van der Waals surface area contributed by atoms with Gasteiger partial charge in [-0.05, 0) is 59.2 Å². The first-order valence-electron chi connectivity index (χ1n) is 5.17. The molecule has 0 fully saturated rings. The molecule has 0 aliphatic rings. The molecule has 0 spiro atoms. The van der Waals surface area contributed by atoms with Crippen molar-refractivity contribution in [3.63, 3.8) is 0 Å². The van der Waals surface area contributed by atoms with Crippen molar-refractivity contribution in [3.8, 4) is 11.2 Å². The van der Waals surface area contributed by atoms with E-state index in [9.17, 15) is 8.42 Å².